The Morgan fingerprint density at radius 1 is 1.18 bits per heavy atom. The molecule has 0 bridgehead atoms. The lowest BCUT2D eigenvalue weighted by Gasteiger charge is -2.48. The standard InChI is InChI=1S/C21H26N4O2S/c1-15-10-23-17(11-22-15)12-25-14-21(8-6-19(25)26)7-3-9-24(13-21)20(27)18-5-4-16(2)28-18/h4-5,10-11H,3,6-9,12-14H2,1-2H3/t21-/m1/s1. The van der Waals surface area contributed by atoms with Crippen LogP contribution in [0.3, 0.4) is 0 Å². The second-order valence-electron chi connectivity index (χ2n) is 8.14. The second-order valence-corrected chi connectivity index (χ2v) is 9.43. The average Bonchev–Trinajstić information content (AvgIpc) is 3.13. The fourth-order valence-corrected chi connectivity index (χ4v) is 5.20. The minimum atomic E-state index is -0.00769. The van der Waals surface area contributed by atoms with Crippen LogP contribution >= 0.6 is 11.3 Å². The third-order valence-corrected chi connectivity index (χ3v) is 6.82. The van der Waals surface area contributed by atoms with Gasteiger partial charge in [-0.1, -0.05) is 0 Å². The highest BCUT2D eigenvalue weighted by atomic mass is 32.1. The molecule has 1 spiro atoms. The van der Waals surface area contributed by atoms with Gasteiger partial charge >= 0.3 is 0 Å². The molecule has 148 valence electrons. The zero-order valence-electron chi connectivity index (χ0n) is 16.5. The molecule has 0 aliphatic carbocycles. The van der Waals surface area contributed by atoms with Crippen molar-refractivity contribution in [3.63, 3.8) is 0 Å². The van der Waals surface area contributed by atoms with Gasteiger partial charge in [-0.15, -0.1) is 11.3 Å². The van der Waals surface area contributed by atoms with E-state index < -0.39 is 0 Å². The summed E-state index contributed by atoms with van der Waals surface area (Å²) in [5.41, 5.74) is 1.68. The summed E-state index contributed by atoms with van der Waals surface area (Å²) in [7, 11) is 0. The highest BCUT2D eigenvalue weighted by Gasteiger charge is 2.43. The SMILES string of the molecule is Cc1cnc(CN2C[C@]3(CCCN(C(=O)c4ccc(C)s4)C3)CCC2=O)cn1. The lowest BCUT2D eigenvalue weighted by atomic mass is 9.73. The maximum Gasteiger partial charge on any atom is 0.263 e. The van der Waals surface area contributed by atoms with Crippen molar-refractivity contribution in [3.8, 4) is 0 Å². The Hall–Kier alpha value is -2.28. The number of aromatic nitrogens is 2. The average molecular weight is 399 g/mol. The molecule has 28 heavy (non-hydrogen) atoms. The van der Waals surface area contributed by atoms with Crippen LogP contribution in [0.25, 0.3) is 0 Å². The van der Waals surface area contributed by atoms with Gasteiger partial charge in [0.2, 0.25) is 5.91 Å². The highest BCUT2D eigenvalue weighted by molar-refractivity contribution is 7.13. The molecule has 0 N–H and O–H groups in total. The maximum absolute atomic E-state index is 12.9. The number of carbonyl (C=O) groups excluding carboxylic acids is 2. The first-order chi connectivity index (χ1) is 13.4. The van der Waals surface area contributed by atoms with E-state index in [2.05, 4.69) is 9.97 Å². The Morgan fingerprint density at radius 3 is 2.75 bits per heavy atom. The Bertz CT molecular complexity index is 879. The largest absolute Gasteiger partial charge is 0.337 e. The van der Waals surface area contributed by atoms with E-state index >= 15 is 0 Å². The summed E-state index contributed by atoms with van der Waals surface area (Å²) in [6.07, 6.45) is 6.93. The summed E-state index contributed by atoms with van der Waals surface area (Å²) in [5, 5.41) is 0. The van der Waals surface area contributed by atoms with Gasteiger partial charge in [0, 0.05) is 42.5 Å². The molecule has 0 unspecified atom stereocenters. The van der Waals surface area contributed by atoms with Gasteiger partial charge in [0.05, 0.1) is 29.0 Å². The van der Waals surface area contributed by atoms with Gasteiger partial charge in [0.25, 0.3) is 5.91 Å². The number of nitrogens with zero attached hydrogens (tertiary/aromatic N) is 4. The van der Waals surface area contributed by atoms with Crippen molar-refractivity contribution >= 4 is 23.2 Å². The van der Waals surface area contributed by atoms with E-state index in [0.717, 1.165) is 53.5 Å². The minimum absolute atomic E-state index is 0.00769. The molecule has 2 aromatic rings. The van der Waals surface area contributed by atoms with E-state index in [1.165, 1.54) is 0 Å². The van der Waals surface area contributed by atoms with Crippen LogP contribution in [-0.4, -0.2) is 51.2 Å². The van der Waals surface area contributed by atoms with Crippen molar-refractivity contribution < 1.29 is 9.59 Å². The summed E-state index contributed by atoms with van der Waals surface area (Å²) in [6.45, 7) is 6.64. The highest BCUT2D eigenvalue weighted by Crippen LogP contribution is 2.39. The van der Waals surface area contributed by atoms with Crippen molar-refractivity contribution in [1.82, 2.24) is 19.8 Å². The first-order valence-electron chi connectivity index (χ1n) is 9.85. The monoisotopic (exact) mass is 398 g/mol. The number of hydrogen-bond acceptors (Lipinski definition) is 5. The number of likely N-dealkylation sites (tertiary alicyclic amines) is 2. The summed E-state index contributed by atoms with van der Waals surface area (Å²) >= 11 is 1.56. The zero-order chi connectivity index (χ0) is 19.7. The number of thiophene rings is 1. The molecular weight excluding hydrogens is 372 g/mol. The molecule has 4 heterocycles. The minimum Gasteiger partial charge on any atom is -0.337 e. The topological polar surface area (TPSA) is 66.4 Å². The molecule has 2 aromatic heterocycles. The van der Waals surface area contributed by atoms with Crippen LogP contribution in [0.5, 0.6) is 0 Å². The third kappa shape index (κ3) is 3.94. The van der Waals surface area contributed by atoms with E-state index in [0.29, 0.717) is 19.5 Å². The molecule has 2 saturated heterocycles. The summed E-state index contributed by atoms with van der Waals surface area (Å²) < 4.78 is 0. The van der Waals surface area contributed by atoms with Crippen molar-refractivity contribution in [2.45, 2.75) is 46.1 Å². The van der Waals surface area contributed by atoms with E-state index in [9.17, 15) is 9.59 Å². The number of piperidine rings is 2. The molecule has 7 heteroatoms. The molecule has 2 amide bonds. The Kier molecular flexibility index (Phi) is 5.19. The molecule has 6 nitrogen and oxygen atoms in total. The van der Waals surface area contributed by atoms with Crippen LogP contribution in [0.1, 0.15) is 51.6 Å². The van der Waals surface area contributed by atoms with Crippen LogP contribution in [0.2, 0.25) is 0 Å². The first-order valence-corrected chi connectivity index (χ1v) is 10.7. The molecular formula is C21H26N4O2S. The molecule has 0 aromatic carbocycles. The number of carbonyl (C=O) groups is 2. The normalized spacial score (nSPS) is 22.7. The van der Waals surface area contributed by atoms with Crippen molar-refractivity contribution in [3.05, 3.63) is 45.7 Å². The van der Waals surface area contributed by atoms with Gasteiger partial charge in [-0.2, -0.15) is 0 Å². The summed E-state index contributed by atoms with van der Waals surface area (Å²) in [4.78, 5) is 40.0. The molecule has 2 fully saturated rings. The van der Waals surface area contributed by atoms with Crippen LogP contribution < -0.4 is 0 Å². The lowest BCUT2D eigenvalue weighted by Crippen LogP contribution is -2.54. The second kappa shape index (κ2) is 7.62. The molecule has 2 aliphatic heterocycles. The Labute approximate surface area is 169 Å². The zero-order valence-corrected chi connectivity index (χ0v) is 17.3. The Balaban J connectivity index is 1.47. The smallest absolute Gasteiger partial charge is 0.263 e. The van der Waals surface area contributed by atoms with Gasteiger partial charge < -0.3 is 9.80 Å². The van der Waals surface area contributed by atoms with Gasteiger partial charge in [-0.3, -0.25) is 19.6 Å². The molecule has 0 radical (unpaired) electrons. The van der Waals surface area contributed by atoms with Crippen molar-refractivity contribution in [2.75, 3.05) is 19.6 Å². The Morgan fingerprint density at radius 2 is 2.04 bits per heavy atom. The first kappa shape index (κ1) is 19.1. The van der Waals surface area contributed by atoms with Gasteiger partial charge in [0.15, 0.2) is 0 Å². The number of hydrogen-bond donors (Lipinski definition) is 0. The van der Waals surface area contributed by atoms with Gasteiger partial charge in [-0.05, 0) is 45.2 Å². The van der Waals surface area contributed by atoms with Crippen molar-refractivity contribution in [1.29, 1.82) is 0 Å². The van der Waals surface area contributed by atoms with Gasteiger partial charge in [-0.25, -0.2) is 0 Å². The fraction of sp³-hybridized carbons (Fsp3) is 0.524. The summed E-state index contributed by atoms with van der Waals surface area (Å²) in [6, 6.07) is 3.93. The van der Waals surface area contributed by atoms with Crippen LogP contribution in [0.15, 0.2) is 24.5 Å². The maximum atomic E-state index is 12.9. The van der Waals surface area contributed by atoms with E-state index in [1.54, 1.807) is 23.7 Å². The van der Waals surface area contributed by atoms with Crippen LogP contribution in [0.4, 0.5) is 0 Å². The van der Waals surface area contributed by atoms with E-state index in [4.69, 9.17) is 0 Å². The predicted molar refractivity (Wildman–Crippen MR) is 108 cm³/mol. The van der Waals surface area contributed by atoms with Crippen LogP contribution in [0, 0.1) is 19.3 Å². The predicted octanol–water partition coefficient (Wildman–Crippen LogP) is 3.20. The van der Waals surface area contributed by atoms with E-state index in [1.807, 2.05) is 35.8 Å². The number of aryl methyl sites for hydroxylation is 2. The van der Waals surface area contributed by atoms with Crippen LogP contribution in [-0.2, 0) is 11.3 Å². The number of rotatable bonds is 3. The quantitative estimate of drug-likeness (QED) is 0.796. The molecule has 2 aliphatic rings. The summed E-state index contributed by atoms with van der Waals surface area (Å²) in [5.74, 6) is 0.301. The third-order valence-electron chi connectivity index (χ3n) is 5.84. The molecule has 1 atom stereocenters. The van der Waals surface area contributed by atoms with E-state index in [-0.39, 0.29) is 17.2 Å². The molecule has 4 rings (SSSR count). The van der Waals surface area contributed by atoms with Gasteiger partial charge in [0.1, 0.15) is 0 Å². The lowest BCUT2D eigenvalue weighted by molar-refractivity contribution is -0.139. The molecule has 0 saturated carbocycles. The number of amides is 2. The fourth-order valence-electron chi connectivity index (χ4n) is 4.36. The van der Waals surface area contributed by atoms with Crippen molar-refractivity contribution in [2.24, 2.45) is 5.41 Å².